The van der Waals surface area contributed by atoms with Crippen molar-refractivity contribution in [1.82, 2.24) is 10.2 Å². The molecule has 3 N–H and O–H groups in total. The third kappa shape index (κ3) is 3.93. The third-order valence-electron chi connectivity index (χ3n) is 4.34. The minimum Gasteiger partial charge on any atom is -0.352 e. The number of rotatable bonds is 3. The van der Waals surface area contributed by atoms with Crippen LogP contribution in [-0.4, -0.2) is 41.9 Å². The molecular formula is C14H25N3O2. The van der Waals surface area contributed by atoms with Crippen LogP contribution in [0.5, 0.6) is 0 Å². The minimum atomic E-state index is -0.0166. The summed E-state index contributed by atoms with van der Waals surface area (Å²) in [6, 6.07) is 0.312. The molecule has 1 unspecified atom stereocenters. The topological polar surface area (TPSA) is 75.4 Å². The molecule has 5 nitrogen and oxygen atoms in total. The zero-order chi connectivity index (χ0) is 13.8. The van der Waals surface area contributed by atoms with Crippen molar-refractivity contribution in [3.63, 3.8) is 0 Å². The highest BCUT2D eigenvalue weighted by atomic mass is 16.2. The second-order valence-electron chi connectivity index (χ2n) is 5.94. The van der Waals surface area contributed by atoms with E-state index in [9.17, 15) is 9.59 Å². The summed E-state index contributed by atoms with van der Waals surface area (Å²) in [5.74, 6) is 0.545. The number of nitrogens with one attached hydrogen (secondary N) is 1. The van der Waals surface area contributed by atoms with E-state index in [4.69, 9.17) is 5.73 Å². The van der Waals surface area contributed by atoms with Gasteiger partial charge in [-0.1, -0.05) is 6.42 Å². The van der Waals surface area contributed by atoms with Gasteiger partial charge in [-0.2, -0.15) is 0 Å². The zero-order valence-electron chi connectivity index (χ0n) is 11.7. The van der Waals surface area contributed by atoms with Crippen molar-refractivity contribution >= 4 is 11.8 Å². The molecule has 19 heavy (non-hydrogen) atoms. The Morgan fingerprint density at radius 3 is 2.68 bits per heavy atom. The molecule has 0 aromatic carbocycles. The minimum absolute atomic E-state index is 0.0166. The van der Waals surface area contributed by atoms with Gasteiger partial charge in [0.15, 0.2) is 0 Å². The lowest BCUT2D eigenvalue weighted by atomic mass is 9.98. The van der Waals surface area contributed by atoms with Crippen LogP contribution in [0.25, 0.3) is 0 Å². The van der Waals surface area contributed by atoms with Crippen LogP contribution in [0.3, 0.4) is 0 Å². The maximum absolute atomic E-state index is 12.3. The first kappa shape index (κ1) is 14.3. The van der Waals surface area contributed by atoms with Crippen LogP contribution in [0.1, 0.15) is 45.4 Å². The highest BCUT2D eigenvalue weighted by Crippen LogP contribution is 2.27. The molecule has 2 amide bonds. The average Bonchev–Trinajstić information content (AvgIpc) is 2.74. The standard InChI is InChI=1S/C14H25N3O2/c1-10(18)16-12-5-3-7-17(9-12)14(19)8-11-4-2-6-13(11)15/h11-13H,2-9,15H2,1H3,(H,16,18)/t11-,12?,13+/m0/s1. The number of likely N-dealkylation sites (tertiary alicyclic amines) is 1. The highest BCUT2D eigenvalue weighted by Gasteiger charge is 2.30. The number of piperidine rings is 1. The first-order valence-electron chi connectivity index (χ1n) is 7.36. The summed E-state index contributed by atoms with van der Waals surface area (Å²) in [6.45, 7) is 3.00. The predicted molar refractivity (Wildman–Crippen MR) is 73.4 cm³/mol. The van der Waals surface area contributed by atoms with Crippen LogP contribution in [0, 0.1) is 5.92 Å². The number of carbonyl (C=O) groups is 2. The number of carbonyl (C=O) groups excluding carboxylic acids is 2. The molecule has 0 spiro atoms. The van der Waals surface area contributed by atoms with Gasteiger partial charge in [-0.05, 0) is 31.6 Å². The molecule has 0 bridgehead atoms. The Bertz CT molecular complexity index is 346. The van der Waals surface area contributed by atoms with E-state index in [1.807, 2.05) is 4.90 Å². The largest absolute Gasteiger partial charge is 0.352 e. The molecule has 1 heterocycles. The SMILES string of the molecule is CC(=O)NC1CCCN(C(=O)C[C@@H]2CCC[C@H]2N)C1. The van der Waals surface area contributed by atoms with Crippen molar-refractivity contribution in [1.29, 1.82) is 0 Å². The van der Waals surface area contributed by atoms with Crippen LogP contribution >= 0.6 is 0 Å². The lowest BCUT2D eigenvalue weighted by molar-refractivity contribution is -0.134. The van der Waals surface area contributed by atoms with Crippen molar-refractivity contribution < 1.29 is 9.59 Å². The molecule has 2 rings (SSSR count). The molecule has 1 saturated carbocycles. The van der Waals surface area contributed by atoms with Gasteiger partial charge >= 0.3 is 0 Å². The van der Waals surface area contributed by atoms with Crippen LogP contribution in [-0.2, 0) is 9.59 Å². The van der Waals surface area contributed by atoms with Gasteiger partial charge in [0, 0.05) is 38.5 Å². The summed E-state index contributed by atoms with van der Waals surface area (Å²) in [5, 5.41) is 2.91. The fraction of sp³-hybridized carbons (Fsp3) is 0.857. The van der Waals surface area contributed by atoms with Gasteiger partial charge in [0.1, 0.15) is 0 Å². The third-order valence-corrected chi connectivity index (χ3v) is 4.34. The summed E-state index contributed by atoms with van der Waals surface area (Å²) in [7, 11) is 0. The molecule has 108 valence electrons. The summed E-state index contributed by atoms with van der Waals surface area (Å²) in [4.78, 5) is 25.3. The number of nitrogens with two attached hydrogens (primary N) is 1. The molecule has 2 aliphatic rings. The molecule has 1 aliphatic carbocycles. The summed E-state index contributed by atoms with van der Waals surface area (Å²) in [5.41, 5.74) is 6.02. The first-order valence-corrected chi connectivity index (χ1v) is 7.36. The van der Waals surface area contributed by atoms with Gasteiger partial charge in [0.05, 0.1) is 0 Å². The Labute approximate surface area is 114 Å². The second-order valence-corrected chi connectivity index (χ2v) is 5.94. The Kier molecular flexibility index (Phi) is 4.80. The molecule has 0 aromatic heterocycles. The van der Waals surface area contributed by atoms with Gasteiger partial charge in [0.2, 0.25) is 11.8 Å². The van der Waals surface area contributed by atoms with Gasteiger partial charge < -0.3 is 16.0 Å². The molecular weight excluding hydrogens is 242 g/mol. The van der Waals surface area contributed by atoms with E-state index in [0.29, 0.717) is 18.9 Å². The van der Waals surface area contributed by atoms with Gasteiger partial charge in [0.25, 0.3) is 0 Å². The van der Waals surface area contributed by atoms with E-state index in [0.717, 1.165) is 38.6 Å². The van der Waals surface area contributed by atoms with E-state index in [1.54, 1.807) is 0 Å². The van der Waals surface area contributed by atoms with Gasteiger partial charge in [-0.3, -0.25) is 9.59 Å². The Morgan fingerprint density at radius 1 is 1.26 bits per heavy atom. The smallest absolute Gasteiger partial charge is 0.222 e. The van der Waals surface area contributed by atoms with Crippen molar-refractivity contribution in [2.24, 2.45) is 11.7 Å². The Balaban J connectivity index is 1.83. The molecule has 2 fully saturated rings. The monoisotopic (exact) mass is 267 g/mol. The summed E-state index contributed by atoms with van der Waals surface area (Å²) >= 11 is 0. The number of nitrogens with zero attached hydrogens (tertiary/aromatic N) is 1. The number of hydrogen-bond donors (Lipinski definition) is 2. The lowest BCUT2D eigenvalue weighted by Gasteiger charge is -2.34. The number of amides is 2. The van der Waals surface area contributed by atoms with Crippen molar-refractivity contribution in [2.75, 3.05) is 13.1 Å². The molecule has 1 saturated heterocycles. The summed E-state index contributed by atoms with van der Waals surface area (Å²) < 4.78 is 0. The quantitative estimate of drug-likeness (QED) is 0.787. The van der Waals surface area contributed by atoms with Crippen LogP contribution < -0.4 is 11.1 Å². The van der Waals surface area contributed by atoms with Crippen molar-refractivity contribution in [3.8, 4) is 0 Å². The van der Waals surface area contributed by atoms with E-state index >= 15 is 0 Å². The Morgan fingerprint density at radius 2 is 2.05 bits per heavy atom. The first-order chi connectivity index (χ1) is 9.06. The van der Waals surface area contributed by atoms with E-state index in [2.05, 4.69) is 5.32 Å². The van der Waals surface area contributed by atoms with Crippen molar-refractivity contribution in [3.05, 3.63) is 0 Å². The maximum Gasteiger partial charge on any atom is 0.222 e. The van der Waals surface area contributed by atoms with E-state index in [-0.39, 0.29) is 23.9 Å². The maximum atomic E-state index is 12.3. The predicted octanol–water partition coefficient (Wildman–Crippen LogP) is 0.631. The Hall–Kier alpha value is -1.10. The second kappa shape index (κ2) is 6.37. The van der Waals surface area contributed by atoms with Crippen LogP contribution in [0.4, 0.5) is 0 Å². The van der Waals surface area contributed by atoms with Crippen molar-refractivity contribution in [2.45, 2.75) is 57.5 Å². The average molecular weight is 267 g/mol. The summed E-state index contributed by atoms with van der Waals surface area (Å²) in [6.07, 6.45) is 5.78. The van der Waals surface area contributed by atoms with Crippen LogP contribution in [0.2, 0.25) is 0 Å². The lowest BCUT2D eigenvalue weighted by Crippen LogP contribution is -2.49. The highest BCUT2D eigenvalue weighted by molar-refractivity contribution is 5.77. The fourth-order valence-electron chi connectivity index (χ4n) is 3.28. The molecule has 5 heteroatoms. The van der Waals surface area contributed by atoms with Gasteiger partial charge in [-0.15, -0.1) is 0 Å². The normalized spacial score (nSPS) is 31.3. The van der Waals surface area contributed by atoms with Gasteiger partial charge in [-0.25, -0.2) is 0 Å². The van der Waals surface area contributed by atoms with E-state index < -0.39 is 0 Å². The molecule has 0 radical (unpaired) electrons. The van der Waals surface area contributed by atoms with E-state index in [1.165, 1.54) is 6.92 Å². The molecule has 1 aliphatic heterocycles. The molecule has 0 aromatic rings. The van der Waals surface area contributed by atoms with Crippen LogP contribution in [0.15, 0.2) is 0 Å². The molecule has 3 atom stereocenters. The number of hydrogen-bond acceptors (Lipinski definition) is 3. The fourth-order valence-corrected chi connectivity index (χ4v) is 3.28. The zero-order valence-corrected chi connectivity index (χ0v) is 11.7.